The van der Waals surface area contributed by atoms with E-state index in [9.17, 15) is 9.59 Å². The molecular formula is C23H28N2O2S. The summed E-state index contributed by atoms with van der Waals surface area (Å²) in [4.78, 5) is 32.1. The molecule has 148 valence electrons. The second kappa shape index (κ2) is 8.18. The van der Waals surface area contributed by atoms with Crippen molar-refractivity contribution in [2.75, 3.05) is 13.2 Å². The van der Waals surface area contributed by atoms with Gasteiger partial charge in [-0.25, -0.2) is 0 Å². The Morgan fingerprint density at radius 2 is 1.82 bits per heavy atom. The van der Waals surface area contributed by atoms with Gasteiger partial charge < -0.3 is 0 Å². The normalized spacial score (nSPS) is 18.7. The lowest BCUT2D eigenvalue weighted by Crippen LogP contribution is -2.43. The highest BCUT2D eigenvalue weighted by Crippen LogP contribution is 2.46. The molecule has 0 unspecified atom stereocenters. The highest BCUT2D eigenvalue weighted by atomic mass is 32.1. The van der Waals surface area contributed by atoms with Crippen molar-refractivity contribution in [2.45, 2.75) is 52.0 Å². The van der Waals surface area contributed by atoms with Gasteiger partial charge in [-0.3, -0.25) is 19.4 Å². The average Bonchev–Trinajstić information content (AvgIpc) is 3.38. The van der Waals surface area contributed by atoms with Gasteiger partial charge in [0, 0.05) is 29.3 Å². The van der Waals surface area contributed by atoms with Crippen LogP contribution in [0.25, 0.3) is 0 Å². The fraction of sp³-hybridized carbons (Fsp3) is 0.478. The second-order valence-electron chi connectivity index (χ2n) is 8.23. The van der Waals surface area contributed by atoms with E-state index >= 15 is 0 Å². The van der Waals surface area contributed by atoms with E-state index in [1.165, 1.54) is 20.2 Å². The second-order valence-corrected chi connectivity index (χ2v) is 9.61. The van der Waals surface area contributed by atoms with Crippen LogP contribution in [-0.4, -0.2) is 34.8 Å². The van der Waals surface area contributed by atoms with Gasteiger partial charge in [0.15, 0.2) is 0 Å². The lowest BCUT2D eigenvalue weighted by Gasteiger charge is -2.28. The molecule has 1 saturated carbocycles. The van der Waals surface area contributed by atoms with Crippen LogP contribution in [0.1, 0.15) is 47.4 Å². The molecule has 1 spiro atoms. The predicted octanol–water partition coefficient (Wildman–Crippen LogP) is 4.38. The van der Waals surface area contributed by atoms with Crippen molar-refractivity contribution in [3.63, 3.8) is 0 Å². The summed E-state index contributed by atoms with van der Waals surface area (Å²) in [6.07, 6.45) is 5.21. The van der Waals surface area contributed by atoms with E-state index in [2.05, 4.69) is 48.2 Å². The predicted molar refractivity (Wildman–Crippen MR) is 112 cm³/mol. The Morgan fingerprint density at radius 1 is 1.07 bits per heavy atom. The molecule has 4 rings (SSSR count). The minimum absolute atomic E-state index is 0.0129. The number of hydrogen-bond donors (Lipinski definition) is 0. The number of likely N-dealkylation sites (tertiary alicyclic amines) is 1. The molecule has 4 nitrogen and oxygen atoms in total. The van der Waals surface area contributed by atoms with Crippen LogP contribution in [0, 0.1) is 12.3 Å². The molecule has 1 aromatic carbocycles. The Morgan fingerprint density at radius 3 is 2.50 bits per heavy atom. The van der Waals surface area contributed by atoms with Crippen LogP contribution >= 0.6 is 11.3 Å². The van der Waals surface area contributed by atoms with Gasteiger partial charge in [0.1, 0.15) is 0 Å². The van der Waals surface area contributed by atoms with Crippen molar-refractivity contribution in [3.8, 4) is 0 Å². The molecule has 28 heavy (non-hydrogen) atoms. The zero-order valence-electron chi connectivity index (χ0n) is 16.5. The quantitative estimate of drug-likeness (QED) is 0.652. The molecule has 1 aromatic heterocycles. The molecular weight excluding hydrogens is 368 g/mol. The summed E-state index contributed by atoms with van der Waals surface area (Å²) in [6.45, 7) is 4.11. The summed E-state index contributed by atoms with van der Waals surface area (Å²) < 4.78 is 0. The molecule has 0 bridgehead atoms. The fourth-order valence-corrected chi connectivity index (χ4v) is 5.50. The third-order valence-corrected chi connectivity index (χ3v) is 7.11. The van der Waals surface area contributed by atoms with Crippen LogP contribution in [0.5, 0.6) is 0 Å². The molecule has 2 aliphatic rings. The maximum Gasteiger partial charge on any atom is 0.237 e. The fourth-order valence-electron chi connectivity index (χ4n) is 4.57. The van der Waals surface area contributed by atoms with Gasteiger partial charge >= 0.3 is 0 Å². The van der Waals surface area contributed by atoms with Gasteiger partial charge in [0.2, 0.25) is 11.8 Å². The third-order valence-electron chi connectivity index (χ3n) is 6.13. The summed E-state index contributed by atoms with van der Waals surface area (Å²) in [5.41, 5.74) is 0.892. The van der Waals surface area contributed by atoms with Crippen molar-refractivity contribution >= 4 is 23.2 Å². The minimum Gasteiger partial charge on any atom is -0.280 e. The van der Waals surface area contributed by atoms with Gasteiger partial charge in [-0.2, -0.15) is 0 Å². The monoisotopic (exact) mass is 396 g/mol. The zero-order valence-corrected chi connectivity index (χ0v) is 17.3. The largest absolute Gasteiger partial charge is 0.280 e. The number of aryl methyl sites for hydroxylation is 1. The Hall–Kier alpha value is -1.98. The molecule has 0 radical (unpaired) electrons. The van der Waals surface area contributed by atoms with Gasteiger partial charge in [-0.1, -0.05) is 43.2 Å². The van der Waals surface area contributed by atoms with Crippen LogP contribution < -0.4 is 0 Å². The highest BCUT2D eigenvalue weighted by molar-refractivity contribution is 7.11. The summed E-state index contributed by atoms with van der Waals surface area (Å²) in [7, 11) is 0. The number of carbonyl (C=O) groups excluding carboxylic acids is 2. The van der Waals surface area contributed by atoms with E-state index < -0.39 is 0 Å². The average molecular weight is 397 g/mol. The lowest BCUT2D eigenvalue weighted by molar-refractivity contribution is -0.144. The Balaban J connectivity index is 1.47. The number of imide groups is 1. The zero-order chi connectivity index (χ0) is 19.6. The van der Waals surface area contributed by atoms with Crippen molar-refractivity contribution < 1.29 is 9.59 Å². The third kappa shape index (κ3) is 4.06. The Labute approximate surface area is 171 Å². The van der Waals surface area contributed by atoms with Crippen LogP contribution in [-0.2, 0) is 22.6 Å². The van der Waals surface area contributed by atoms with Gasteiger partial charge in [-0.15, -0.1) is 11.3 Å². The van der Waals surface area contributed by atoms with Crippen LogP contribution in [0.3, 0.4) is 0 Å². The highest BCUT2D eigenvalue weighted by Gasteiger charge is 2.52. The number of amides is 2. The SMILES string of the molecule is Cc1ccc(CN(CCc2ccccc2)CN2C(=O)CC3(CCCC3)C2=O)s1. The Bertz CT molecular complexity index is 839. The van der Waals surface area contributed by atoms with Crippen molar-refractivity contribution in [1.82, 2.24) is 9.80 Å². The smallest absolute Gasteiger partial charge is 0.237 e. The van der Waals surface area contributed by atoms with E-state index in [1.54, 1.807) is 11.3 Å². The molecule has 2 aromatic rings. The molecule has 1 saturated heterocycles. The summed E-state index contributed by atoms with van der Waals surface area (Å²) in [6, 6.07) is 14.7. The van der Waals surface area contributed by atoms with Crippen molar-refractivity contribution in [1.29, 1.82) is 0 Å². The van der Waals surface area contributed by atoms with Gasteiger partial charge in [0.25, 0.3) is 0 Å². The summed E-state index contributed by atoms with van der Waals surface area (Å²) >= 11 is 1.79. The van der Waals surface area contributed by atoms with Crippen LogP contribution in [0.15, 0.2) is 42.5 Å². The standard InChI is InChI=1S/C23H28N2O2S/c1-18-9-10-20(28-18)16-24(14-11-19-7-3-2-4-8-19)17-25-21(26)15-23(22(25)27)12-5-6-13-23/h2-4,7-10H,5-6,11-17H2,1H3. The van der Waals surface area contributed by atoms with E-state index in [0.717, 1.165) is 45.2 Å². The minimum atomic E-state index is -0.387. The molecule has 2 fully saturated rings. The molecule has 5 heteroatoms. The maximum absolute atomic E-state index is 13.1. The maximum atomic E-state index is 13.1. The first kappa shape index (κ1) is 19.3. The number of thiophene rings is 1. The van der Waals surface area contributed by atoms with Crippen LogP contribution in [0.4, 0.5) is 0 Å². The van der Waals surface area contributed by atoms with E-state index in [0.29, 0.717) is 13.1 Å². The van der Waals surface area contributed by atoms with E-state index in [4.69, 9.17) is 0 Å². The topological polar surface area (TPSA) is 40.6 Å². The number of nitrogens with zero attached hydrogens (tertiary/aromatic N) is 2. The molecule has 1 aliphatic heterocycles. The molecule has 0 atom stereocenters. The number of rotatable bonds is 7. The van der Waals surface area contributed by atoms with E-state index in [-0.39, 0.29) is 17.2 Å². The summed E-state index contributed by atoms with van der Waals surface area (Å²) in [5, 5.41) is 0. The van der Waals surface area contributed by atoms with Gasteiger partial charge in [0.05, 0.1) is 12.1 Å². The number of benzene rings is 1. The molecule has 2 heterocycles. The van der Waals surface area contributed by atoms with Crippen molar-refractivity contribution in [3.05, 3.63) is 57.8 Å². The first-order valence-corrected chi connectivity index (χ1v) is 11.0. The van der Waals surface area contributed by atoms with E-state index in [1.807, 2.05) is 6.07 Å². The molecule has 1 aliphatic carbocycles. The van der Waals surface area contributed by atoms with Gasteiger partial charge in [-0.05, 0) is 43.9 Å². The number of hydrogen-bond acceptors (Lipinski definition) is 4. The molecule has 2 amide bonds. The Kier molecular flexibility index (Phi) is 5.65. The lowest BCUT2D eigenvalue weighted by atomic mass is 9.85. The molecule has 0 N–H and O–H groups in total. The number of carbonyl (C=O) groups is 2. The summed E-state index contributed by atoms with van der Waals surface area (Å²) in [5.74, 6) is 0.0843. The first-order valence-electron chi connectivity index (χ1n) is 10.2. The van der Waals surface area contributed by atoms with Crippen LogP contribution in [0.2, 0.25) is 0 Å². The first-order chi connectivity index (χ1) is 13.6. The van der Waals surface area contributed by atoms with Crippen molar-refractivity contribution in [2.24, 2.45) is 5.41 Å².